The molecule has 0 spiro atoms. The molecule has 0 saturated carbocycles. The number of likely N-dealkylation sites (tertiary alicyclic amines) is 1. The largest absolute Gasteiger partial charge is 0.481 e. The molecular weight excluding hydrogens is 286 g/mol. The summed E-state index contributed by atoms with van der Waals surface area (Å²) in [5.41, 5.74) is 0.405. The monoisotopic (exact) mass is 307 g/mol. The number of aliphatic carboxylic acids is 1. The number of benzene rings is 1. The van der Waals surface area contributed by atoms with E-state index in [2.05, 4.69) is 0 Å². The molecule has 1 aromatic rings. The highest BCUT2D eigenvalue weighted by Crippen LogP contribution is 2.30. The van der Waals surface area contributed by atoms with Crippen molar-refractivity contribution in [3.8, 4) is 0 Å². The van der Waals surface area contributed by atoms with Crippen LogP contribution in [-0.4, -0.2) is 40.7 Å². The maximum atomic E-state index is 12.2. The molecule has 1 amide bonds. The van der Waals surface area contributed by atoms with Gasteiger partial charge in [-0.05, 0) is 25.3 Å². The second-order valence-electron chi connectivity index (χ2n) is 5.76. The molecule has 4 nitrogen and oxygen atoms in total. The van der Waals surface area contributed by atoms with Crippen LogP contribution in [0.15, 0.2) is 30.3 Å². The molecule has 1 unspecified atom stereocenters. The summed E-state index contributed by atoms with van der Waals surface area (Å²) in [5.74, 6) is 0.446. The Morgan fingerprint density at radius 1 is 1.33 bits per heavy atom. The van der Waals surface area contributed by atoms with Gasteiger partial charge in [0.25, 0.3) is 0 Å². The smallest absolute Gasteiger partial charge is 0.311 e. The van der Waals surface area contributed by atoms with Crippen LogP contribution < -0.4 is 0 Å². The number of rotatable bonds is 5. The van der Waals surface area contributed by atoms with Crippen LogP contribution in [0.1, 0.15) is 25.3 Å². The highest BCUT2D eigenvalue weighted by Gasteiger charge is 2.39. The van der Waals surface area contributed by atoms with Crippen LogP contribution in [0.4, 0.5) is 0 Å². The third-order valence-corrected chi connectivity index (χ3v) is 4.89. The minimum atomic E-state index is -0.808. The zero-order chi connectivity index (χ0) is 15.3. The van der Waals surface area contributed by atoms with E-state index in [1.165, 1.54) is 5.56 Å². The van der Waals surface area contributed by atoms with Gasteiger partial charge in [0.1, 0.15) is 0 Å². The number of carboxylic acids is 1. The normalized spacial score (nSPS) is 22.0. The Morgan fingerprint density at radius 3 is 2.71 bits per heavy atom. The minimum absolute atomic E-state index is 0.0445. The number of thioether (sulfide) groups is 1. The molecule has 5 heteroatoms. The fraction of sp³-hybridized carbons (Fsp3) is 0.500. The lowest BCUT2D eigenvalue weighted by atomic mass is 9.82. The van der Waals surface area contributed by atoms with Crippen LogP contribution in [0.2, 0.25) is 0 Å². The Balaban J connectivity index is 1.82. The van der Waals surface area contributed by atoms with Gasteiger partial charge in [0.15, 0.2) is 0 Å². The summed E-state index contributed by atoms with van der Waals surface area (Å²) in [6.45, 7) is 2.73. The molecule has 1 aromatic carbocycles. The predicted molar refractivity (Wildman–Crippen MR) is 84.2 cm³/mol. The molecule has 1 N–H and O–H groups in total. The molecule has 2 rings (SSSR count). The quantitative estimate of drug-likeness (QED) is 0.908. The number of nitrogens with zero attached hydrogens (tertiary/aromatic N) is 1. The van der Waals surface area contributed by atoms with Gasteiger partial charge < -0.3 is 10.0 Å². The fourth-order valence-electron chi connectivity index (χ4n) is 2.55. The van der Waals surface area contributed by atoms with Crippen molar-refractivity contribution in [2.24, 2.45) is 5.41 Å². The summed E-state index contributed by atoms with van der Waals surface area (Å²) in [6, 6.07) is 10.0. The van der Waals surface area contributed by atoms with Gasteiger partial charge in [-0.2, -0.15) is 0 Å². The predicted octanol–water partition coefficient (Wildman–Crippen LogP) is 2.63. The highest BCUT2D eigenvalue weighted by atomic mass is 32.2. The lowest BCUT2D eigenvalue weighted by molar-refractivity contribution is -0.153. The van der Waals surface area contributed by atoms with Crippen molar-refractivity contribution in [3.63, 3.8) is 0 Å². The zero-order valence-electron chi connectivity index (χ0n) is 12.2. The van der Waals surface area contributed by atoms with E-state index in [-0.39, 0.29) is 5.91 Å². The van der Waals surface area contributed by atoms with Gasteiger partial charge in [0, 0.05) is 18.8 Å². The average Bonchev–Trinajstić information content (AvgIpc) is 2.48. The summed E-state index contributed by atoms with van der Waals surface area (Å²) in [6.07, 6.45) is 1.40. The summed E-state index contributed by atoms with van der Waals surface area (Å²) in [5, 5.41) is 9.28. The molecule has 1 aliphatic rings. The molecular formula is C16H21NO3S. The Bertz CT molecular complexity index is 506. The number of carboxylic acid groups (broad SMARTS) is 1. The van der Waals surface area contributed by atoms with E-state index in [0.29, 0.717) is 25.3 Å². The molecule has 0 bridgehead atoms. The first kappa shape index (κ1) is 15.9. The van der Waals surface area contributed by atoms with E-state index >= 15 is 0 Å². The Morgan fingerprint density at radius 2 is 2.05 bits per heavy atom. The van der Waals surface area contributed by atoms with Gasteiger partial charge in [-0.25, -0.2) is 0 Å². The Kier molecular flexibility index (Phi) is 5.28. The molecule has 1 aliphatic heterocycles. The minimum Gasteiger partial charge on any atom is -0.481 e. The molecule has 21 heavy (non-hydrogen) atoms. The second kappa shape index (κ2) is 6.98. The van der Waals surface area contributed by atoms with Crippen LogP contribution in [0, 0.1) is 5.41 Å². The molecule has 0 aromatic heterocycles. The molecule has 1 saturated heterocycles. The summed E-state index contributed by atoms with van der Waals surface area (Å²) in [4.78, 5) is 25.2. The SMILES string of the molecule is CC1(C(=O)O)CCCN(C(=O)CSCc2ccccc2)C1. The molecule has 1 atom stereocenters. The fourth-order valence-corrected chi connectivity index (χ4v) is 3.44. The highest BCUT2D eigenvalue weighted by molar-refractivity contribution is 7.99. The van der Waals surface area contributed by atoms with Crippen LogP contribution in [0.5, 0.6) is 0 Å². The number of carbonyl (C=O) groups is 2. The number of hydrogen-bond donors (Lipinski definition) is 1. The van der Waals surface area contributed by atoms with Gasteiger partial charge in [0.2, 0.25) is 5.91 Å². The van der Waals surface area contributed by atoms with Gasteiger partial charge >= 0.3 is 5.97 Å². The van der Waals surface area contributed by atoms with Gasteiger partial charge in [-0.15, -0.1) is 11.8 Å². The van der Waals surface area contributed by atoms with Crippen LogP contribution in [0.3, 0.4) is 0 Å². The maximum Gasteiger partial charge on any atom is 0.311 e. The van der Waals surface area contributed by atoms with Crippen molar-refractivity contribution in [3.05, 3.63) is 35.9 Å². The number of carbonyl (C=O) groups excluding carboxylic acids is 1. The number of piperidine rings is 1. The van der Waals surface area contributed by atoms with Crippen LogP contribution >= 0.6 is 11.8 Å². The Hall–Kier alpha value is -1.49. The van der Waals surface area contributed by atoms with E-state index in [4.69, 9.17) is 0 Å². The van der Waals surface area contributed by atoms with Crippen molar-refractivity contribution in [2.45, 2.75) is 25.5 Å². The molecule has 114 valence electrons. The first-order valence-corrected chi connectivity index (χ1v) is 8.29. The van der Waals surface area contributed by atoms with Crippen LogP contribution in [0.25, 0.3) is 0 Å². The van der Waals surface area contributed by atoms with E-state index in [0.717, 1.165) is 12.2 Å². The van der Waals surface area contributed by atoms with Gasteiger partial charge in [-0.3, -0.25) is 9.59 Å². The zero-order valence-corrected chi connectivity index (χ0v) is 13.1. The molecule has 1 fully saturated rings. The molecule has 1 heterocycles. The van der Waals surface area contributed by atoms with E-state index in [1.807, 2.05) is 30.3 Å². The van der Waals surface area contributed by atoms with Gasteiger partial charge in [-0.1, -0.05) is 30.3 Å². The summed E-state index contributed by atoms with van der Waals surface area (Å²) >= 11 is 1.58. The van der Waals surface area contributed by atoms with Crippen molar-refractivity contribution in [1.82, 2.24) is 4.90 Å². The third-order valence-electron chi connectivity index (χ3n) is 3.90. The van der Waals surface area contributed by atoms with E-state index < -0.39 is 11.4 Å². The average molecular weight is 307 g/mol. The topological polar surface area (TPSA) is 57.6 Å². The number of amides is 1. The first-order chi connectivity index (χ1) is 10.0. The molecule has 0 radical (unpaired) electrons. The lowest BCUT2D eigenvalue weighted by Crippen LogP contribution is -2.48. The lowest BCUT2D eigenvalue weighted by Gasteiger charge is -2.37. The van der Waals surface area contributed by atoms with Crippen molar-refractivity contribution in [2.75, 3.05) is 18.8 Å². The summed E-state index contributed by atoms with van der Waals surface area (Å²) in [7, 11) is 0. The van der Waals surface area contributed by atoms with E-state index in [1.54, 1.807) is 23.6 Å². The van der Waals surface area contributed by atoms with Crippen LogP contribution in [-0.2, 0) is 15.3 Å². The third kappa shape index (κ3) is 4.24. The standard InChI is InChI=1S/C16H21NO3S/c1-16(15(19)20)8-5-9-17(12-16)14(18)11-21-10-13-6-3-2-4-7-13/h2-4,6-7H,5,8-12H2,1H3,(H,19,20). The van der Waals surface area contributed by atoms with E-state index in [9.17, 15) is 14.7 Å². The summed E-state index contributed by atoms with van der Waals surface area (Å²) < 4.78 is 0. The van der Waals surface area contributed by atoms with Gasteiger partial charge in [0.05, 0.1) is 11.2 Å². The first-order valence-electron chi connectivity index (χ1n) is 7.14. The molecule has 0 aliphatic carbocycles. The van der Waals surface area contributed by atoms with Crippen molar-refractivity contribution >= 4 is 23.6 Å². The second-order valence-corrected chi connectivity index (χ2v) is 6.75. The van der Waals surface area contributed by atoms with Crippen molar-refractivity contribution < 1.29 is 14.7 Å². The number of hydrogen-bond acceptors (Lipinski definition) is 3. The Labute approximate surface area is 129 Å². The maximum absolute atomic E-state index is 12.2. The van der Waals surface area contributed by atoms with Crippen molar-refractivity contribution in [1.29, 1.82) is 0 Å².